The first-order valence-corrected chi connectivity index (χ1v) is 4.77. The van der Waals surface area contributed by atoms with Crippen molar-refractivity contribution in [3.8, 4) is 0 Å². The number of nitrogens with zero attached hydrogens (tertiary/aromatic N) is 1. The lowest BCUT2D eigenvalue weighted by Crippen LogP contribution is -2.33. The third-order valence-electron chi connectivity index (χ3n) is 3.20. The number of hydrogen-bond donors (Lipinski definition) is 1. The van der Waals surface area contributed by atoms with Crippen molar-refractivity contribution >= 4 is 5.91 Å². The van der Waals surface area contributed by atoms with Crippen LogP contribution in [0.5, 0.6) is 0 Å². The molecule has 3 atom stereocenters. The number of fused-ring (bicyclic) bond motifs is 1. The highest BCUT2D eigenvalue weighted by molar-refractivity contribution is 5.85. The van der Waals surface area contributed by atoms with Gasteiger partial charge in [0, 0.05) is 26.1 Å². The topological polar surface area (TPSA) is 55.6 Å². The molecule has 0 aromatic carbocycles. The van der Waals surface area contributed by atoms with Gasteiger partial charge in [0.15, 0.2) is 0 Å². The molecule has 0 radical (unpaired) electrons. The van der Waals surface area contributed by atoms with Gasteiger partial charge in [-0.05, 0) is 18.4 Å². The van der Waals surface area contributed by atoms with Crippen molar-refractivity contribution in [3.05, 3.63) is 0 Å². The molecule has 4 nitrogen and oxygen atoms in total. The summed E-state index contributed by atoms with van der Waals surface area (Å²) in [6.07, 6.45) is 0. The minimum Gasteiger partial charge on any atom is -0.383 e. The summed E-state index contributed by atoms with van der Waals surface area (Å²) in [4.78, 5) is 13.5. The number of amides is 1. The van der Waals surface area contributed by atoms with Crippen LogP contribution >= 0.6 is 0 Å². The van der Waals surface area contributed by atoms with Gasteiger partial charge in [-0.15, -0.1) is 0 Å². The van der Waals surface area contributed by atoms with Crippen LogP contribution in [0.1, 0.15) is 0 Å². The summed E-state index contributed by atoms with van der Waals surface area (Å²) in [5.41, 5.74) is 5.54. The summed E-state index contributed by atoms with van der Waals surface area (Å²) < 4.78 is 4.94. The van der Waals surface area contributed by atoms with Crippen LogP contribution in [0.4, 0.5) is 0 Å². The zero-order valence-corrected chi connectivity index (χ0v) is 7.90. The lowest BCUT2D eigenvalue weighted by molar-refractivity contribution is -0.131. The summed E-state index contributed by atoms with van der Waals surface area (Å²) in [7, 11) is 1.66. The van der Waals surface area contributed by atoms with Crippen LogP contribution in [0.2, 0.25) is 0 Å². The number of carbonyl (C=O) groups excluding carboxylic acids is 1. The summed E-state index contributed by atoms with van der Waals surface area (Å²) in [5, 5.41) is 0. The number of nitrogens with two attached hydrogens (primary N) is 1. The molecule has 1 heterocycles. The van der Waals surface area contributed by atoms with E-state index in [1.165, 1.54) is 0 Å². The fraction of sp³-hybridized carbons (Fsp3) is 0.889. The van der Waals surface area contributed by atoms with Crippen molar-refractivity contribution in [2.45, 2.75) is 0 Å². The number of methoxy groups -OCH3 is 1. The molecular formula is C9H16N2O2. The van der Waals surface area contributed by atoms with Gasteiger partial charge in [-0.1, -0.05) is 0 Å². The van der Waals surface area contributed by atoms with Crippen LogP contribution in [0.3, 0.4) is 0 Å². The maximum absolute atomic E-state index is 11.6. The lowest BCUT2D eigenvalue weighted by atomic mass is 10.2. The third kappa shape index (κ3) is 1.34. The summed E-state index contributed by atoms with van der Waals surface area (Å²) in [5.74, 6) is 1.57. The minimum absolute atomic E-state index is 0.252. The zero-order chi connectivity index (χ0) is 9.42. The van der Waals surface area contributed by atoms with E-state index in [-0.39, 0.29) is 11.8 Å². The van der Waals surface area contributed by atoms with Crippen LogP contribution in [0.15, 0.2) is 0 Å². The van der Waals surface area contributed by atoms with Gasteiger partial charge in [0.1, 0.15) is 0 Å². The molecule has 0 aromatic heterocycles. The number of ether oxygens (including phenoxy) is 1. The highest BCUT2D eigenvalue weighted by atomic mass is 16.5. The monoisotopic (exact) mass is 184 g/mol. The van der Waals surface area contributed by atoms with E-state index in [1.54, 1.807) is 7.11 Å². The first kappa shape index (κ1) is 8.97. The molecule has 1 saturated carbocycles. The second-order valence-electron chi connectivity index (χ2n) is 3.87. The Balaban J connectivity index is 1.84. The van der Waals surface area contributed by atoms with Gasteiger partial charge in [0.25, 0.3) is 0 Å². The van der Waals surface area contributed by atoms with Crippen LogP contribution in [0, 0.1) is 17.8 Å². The number of carbonyl (C=O) groups is 1. The Labute approximate surface area is 78.0 Å². The second-order valence-corrected chi connectivity index (χ2v) is 3.87. The molecule has 1 aliphatic heterocycles. The fourth-order valence-electron chi connectivity index (χ4n) is 2.34. The highest BCUT2D eigenvalue weighted by Gasteiger charge is 2.60. The SMILES string of the molecule is COCCN1CC2C(CN)C2C1=O. The molecule has 74 valence electrons. The van der Waals surface area contributed by atoms with Crippen molar-refractivity contribution in [1.29, 1.82) is 0 Å². The van der Waals surface area contributed by atoms with E-state index in [4.69, 9.17) is 10.5 Å². The number of likely N-dealkylation sites (tertiary alicyclic amines) is 1. The number of piperidine rings is 1. The molecule has 0 aromatic rings. The molecule has 4 heteroatoms. The van der Waals surface area contributed by atoms with E-state index in [9.17, 15) is 4.79 Å². The average molecular weight is 184 g/mol. The Morgan fingerprint density at radius 2 is 2.46 bits per heavy atom. The maximum atomic E-state index is 11.6. The van der Waals surface area contributed by atoms with E-state index in [1.807, 2.05) is 4.90 Å². The van der Waals surface area contributed by atoms with Crippen molar-refractivity contribution in [2.75, 3.05) is 33.4 Å². The first-order valence-electron chi connectivity index (χ1n) is 4.77. The predicted molar refractivity (Wildman–Crippen MR) is 48.0 cm³/mol. The second kappa shape index (κ2) is 3.27. The molecule has 2 rings (SSSR count). The zero-order valence-electron chi connectivity index (χ0n) is 7.90. The van der Waals surface area contributed by atoms with Crippen LogP contribution in [-0.2, 0) is 9.53 Å². The highest BCUT2D eigenvalue weighted by Crippen LogP contribution is 2.51. The lowest BCUT2D eigenvalue weighted by Gasteiger charge is -2.18. The Kier molecular flexibility index (Phi) is 2.26. The van der Waals surface area contributed by atoms with E-state index < -0.39 is 0 Å². The van der Waals surface area contributed by atoms with Gasteiger partial charge in [0.2, 0.25) is 5.91 Å². The minimum atomic E-state index is 0.252. The summed E-state index contributed by atoms with van der Waals surface area (Å²) in [6, 6.07) is 0. The van der Waals surface area contributed by atoms with Crippen LogP contribution in [-0.4, -0.2) is 44.2 Å². The van der Waals surface area contributed by atoms with E-state index in [0.717, 1.165) is 13.1 Å². The van der Waals surface area contributed by atoms with Crippen molar-refractivity contribution < 1.29 is 9.53 Å². The molecule has 2 fully saturated rings. The van der Waals surface area contributed by atoms with Crippen molar-refractivity contribution in [3.63, 3.8) is 0 Å². The van der Waals surface area contributed by atoms with Crippen molar-refractivity contribution in [1.82, 2.24) is 4.90 Å². The average Bonchev–Trinajstić information content (AvgIpc) is 2.75. The van der Waals surface area contributed by atoms with Gasteiger partial charge >= 0.3 is 0 Å². The first-order chi connectivity index (χ1) is 6.29. The predicted octanol–water partition coefficient (Wildman–Crippen LogP) is -0.704. The smallest absolute Gasteiger partial charge is 0.226 e. The van der Waals surface area contributed by atoms with E-state index in [0.29, 0.717) is 25.0 Å². The normalized spacial score (nSPS) is 36.6. The largest absolute Gasteiger partial charge is 0.383 e. The van der Waals surface area contributed by atoms with Gasteiger partial charge in [-0.3, -0.25) is 4.79 Å². The quantitative estimate of drug-likeness (QED) is 0.628. The van der Waals surface area contributed by atoms with Gasteiger partial charge in [-0.25, -0.2) is 0 Å². The van der Waals surface area contributed by atoms with Crippen molar-refractivity contribution in [2.24, 2.45) is 23.5 Å². The number of hydrogen-bond acceptors (Lipinski definition) is 3. The summed E-state index contributed by atoms with van der Waals surface area (Å²) in [6.45, 7) is 2.94. The Bertz CT molecular complexity index is 220. The Morgan fingerprint density at radius 1 is 1.69 bits per heavy atom. The standard InChI is InChI=1S/C9H16N2O2/c1-13-3-2-11-5-7-6(4-10)8(7)9(11)12/h6-8H,2-5,10H2,1H3. The molecule has 1 saturated heterocycles. The van der Waals surface area contributed by atoms with Gasteiger partial charge < -0.3 is 15.4 Å². The molecule has 1 amide bonds. The molecule has 0 bridgehead atoms. The Hall–Kier alpha value is -0.610. The third-order valence-corrected chi connectivity index (χ3v) is 3.20. The van der Waals surface area contributed by atoms with E-state index >= 15 is 0 Å². The van der Waals surface area contributed by atoms with Crippen LogP contribution < -0.4 is 5.73 Å². The fourth-order valence-corrected chi connectivity index (χ4v) is 2.34. The maximum Gasteiger partial charge on any atom is 0.226 e. The Morgan fingerprint density at radius 3 is 2.92 bits per heavy atom. The molecule has 3 unspecified atom stereocenters. The van der Waals surface area contributed by atoms with Gasteiger partial charge in [0.05, 0.1) is 6.61 Å². The van der Waals surface area contributed by atoms with Gasteiger partial charge in [-0.2, -0.15) is 0 Å². The molecule has 13 heavy (non-hydrogen) atoms. The summed E-state index contributed by atoms with van der Waals surface area (Å²) >= 11 is 0. The molecule has 2 aliphatic rings. The van der Waals surface area contributed by atoms with Crippen LogP contribution in [0.25, 0.3) is 0 Å². The molecule has 2 N–H and O–H groups in total. The molecular weight excluding hydrogens is 168 g/mol. The molecule has 1 aliphatic carbocycles. The number of rotatable bonds is 4. The van der Waals surface area contributed by atoms with E-state index in [2.05, 4.69) is 0 Å². The molecule has 0 spiro atoms.